The molecule has 6 unspecified atom stereocenters. The van der Waals surface area contributed by atoms with E-state index in [0.29, 0.717) is 48.3 Å². The van der Waals surface area contributed by atoms with Gasteiger partial charge in [0.25, 0.3) is 0 Å². The molecular weight excluding hydrogens is 1060 g/mol. The van der Waals surface area contributed by atoms with Crippen molar-refractivity contribution >= 4 is 23.9 Å². The van der Waals surface area contributed by atoms with Crippen molar-refractivity contribution in [1.82, 2.24) is 0 Å². The van der Waals surface area contributed by atoms with E-state index >= 15 is 0 Å². The van der Waals surface area contributed by atoms with Crippen molar-refractivity contribution < 1.29 is 76.8 Å². The van der Waals surface area contributed by atoms with Gasteiger partial charge in [-0.05, 0) is 147 Å². The van der Waals surface area contributed by atoms with Crippen molar-refractivity contribution in [3.05, 3.63) is 155 Å². The first-order valence-corrected chi connectivity index (χ1v) is 30.0. The molecule has 12 rings (SSSR count). The number of aliphatic hydroxyl groups excluding tert-OH is 2. The summed E-state index contributed by atoms with van der Waals surface area (Å²) in [6, 6.07) is 32.8. The second kappa shape index (κ2) is 23.6. The molecule has 0 bridgehead atoms. The van der Waals surface area contributed by atoms with Crippen LogP contribution in [-0.4, -0.2) is 127 Å². The minimum absolute atomic E-state index is 0.0896. The van der Waals surface area contributed by atoms with Gasteiger partial charge < -0.3 is 57.6 Å². The Hall–Kier alpha value is -5.82. The van der Waals surface area contributed by atoms with Gasteiger partial charge in [-0.15, -0.1) is 0 Å². The van der Waals surface area contributed by atoms with Gasteiger partial charge in [-0.25, -0.2) is 19.2 Å². The van der Waals surface area contributed by atoms with E-state index in [1.807, 2.05) is 0 Å². The maximum Gasteiger partial charge on any atom is 0.338 e. The summed E-state index contributed by atoms with van der Waals surface area (Å²) >= 11 is 0. The molecule has 16 nitrogen and oxygen atoms in total. The summed E-state index contributed by atoms with van der Waals surface area (Å²) in [5.74, 6) is -0.899. The smallest absolute Gasteiger partial charge is 0.338 e. The first-order valence-electron chi connectivity index (χ1n) is 30.0. The van der Waals surface area contributed by atoms with E-state index in [0.717, 1.165) is 51.6 Å². The number of carbonyl (C=O) groups excluding carboxylic acids is 4. The fraction of sp³-hybridized carbons (Fsp3) is 0.552. The van der Waals surface area contributed by atoms with Gasteiger partial charge in [-0.2, -0.15) is 0 Å². The third kappa shape index (κ3) is 10.9. The Morgan fingerprint density at radius 3 is 1.70 bits per heavy atom. The van der Waals surface area contributed by atoms with Gasteiger partial charge in [0.1, 0.15) is 12.2 Å². The Bertz CT molecular complexity index is 2970. The highest BCUT2D eigenvalue weighted by atomic mass is 16.8. The summed E-state index contributed by atoms with van der Waals surface area (Å²) in [6.07, 6.45) is -4.52. The van der Waals surface area contributed by atoms with Crippen LogP contribution < -0.4 is 0 Å². The lowest BCUT2D eigenvalue weighted by Crippen LogP contribution is -2.66. The van der Waals surface area contributed by atoms with Crippen LogP contribution in [0.25, 0.3) is 0 Å². The molecule has 0 aromatic heterocycles. The maximum atomic E-state index is 14.4. The standard InChI is InChI=1S/C67H78O16/c1-38-28-33-67(74-37-38)39(2)52-50(83-67)35-49-47-27-26-45-34-46(29-31-65(45,4)48(47)30-32-66(49,52)5)76-64-57(55(53(69)51(36-68)77-64)79-60(71)42-20-12-7-13-21-42)82-63-58(81-62(73)44-24-16-9-17-25-44)56(80-61(72)43-22-14-8-15-23-43)54(40(3)75-63)78-59(70)41-18-10-6-11-19-41/h6-26,38-40,46-58,63-64,68-69H,27-37H2,1-5H3/t38-,39+,40?,46+,47-,48+,49+,50+,51?,52+,53-,54+,55?,56?,57?,58?,63+,64-,65+,66+,67-/m1/s1. The molecule has 1 spiro atoms. The van der Waals surface area contributed by atoms with E-state index in [-0.39, 0.29) is 39.2 Å². The number of rotatable bonds is 13. The topological polar surface area (TPSA) is 201 Å². The van der Waals surface area contributed by atoms with Crippen LogP contribution in [0.3, 0.4) is 0 Å². The van der Waals surface area contributed by atoms with Gasteiger partial charge in [-0.3, -0.25) is 0 Å². The molecule has 4 aromatic rings. The fourth-order valence-corrected chi connectivity index (χ4v) is 16.1. The Morgan fingerprint density at radius 1 is 0.602 bits per heavy atom. The van der Waals surface area contributed by atoms with Crippen LogP contribution in [0.1, 0.15) is 134 Å². The first-order chi connectivity index (χ1) is 40.1. The molecule has 21 atom stereocenters. The minimum Gasteiger partial charge on any atom is -0.453 e. The number of esters is 4. The fourth-order valence-electron chi connectivity index (χ4n) is 16.1. The van der Waals surface area contributed by atoms with Gasteiger partial charge in [0, 0.05) is 12.3 Å². The van der Waals surface area contributed by atoms with Crippen LogP contribution >= 0.6 is 0 Å². The van der Waals surface area contributed by atoms with Crippen molar-refractivity contribution in [3.63, 3.8) is 0 Å². The molecule has 442 valence electrons. The van der Waals surface area contributed by atoms with Crippen molar-refractivity contribution in [3.8, 4) is 0 Å². The zero-order valence-electron chi connectivity index (χ0n) is 47.9. The van der Waals surface area contributed by atoms with Crippen LogP contribution in [-0.2, 0) is 47.4 Å². The number of hydrogen-bond donors (Lipinski definition) is 2. The molecule has 2 N–H and O–H groups in total. The molecule has 4 heterocycles. The number of benzene rings is 4. The summed E-state index contributed by atoms with van der Waals surface area (Å²) < 4.78 is 65.8. The lowest BCUT2D eigenvalue weighted by atomic mass is 9.47. The summed E-state index contributed by atoms with van der Waals surface area (Å²) in [4.78, 5) is 56.7. The molecule has 4 aliphatic heterocycles. The molecule has 0 radical (unpaired) electrons. The van der Waals surface area contributed by atoms with Crippen LogP contribution in [0.2, 0.25) is 0 Å². The second-order valence-electron chi connectivity index (χ2n) is 25.2. The zero-order valence-corrected chi connectivity index (χ0v) is 47.9. The molecule has 4 aliphatic carbocycles. The lowest BCUT2D eigenvalue weighted by Gasteiger charge is -2.58. The number of hydrogen-bond acceptors (Lipinski definition) is 16. The van der Waals surface area contributed by atoms with Crippen molar-refractivity contribution in [2.75, 3.05) is 13.2 Å². The van der Waals surface area contributed by atoms with E-state index in [2.05, 4.69) is 33.8 Å². The van der Waals surface area contributed by atoms with Crippen molar-refractivity contribution in [2.24, 2.45) is 46.3 Å². The molecule has 16 heteroatoms. The van der Waals surface area contributed by atoms with E-state index < -0.39 is 104 Å². The second-order valence-corrected chi connectivity index (χ2v) is 25.2. The van der Waals surface area contributed by atoms with Crippen molar-refractivity contribution in [2.45, 2.75) is 172 Å². The van der Waals surface area contributed by atoms with Crippen LogP contribution in [0.4, 0.5) is 0 Å². The summed E-state index contributed by atoms with van der Waals surface area (Å²) in [7, 11) is 0. The highest BCUT2D eigenvalue weighted by molar-refractivity contribution is 5.91. The molecule has 0 amide bonds. The van der Waals surface area contributed by atoms with Crippen LogP contribution in [0, 0.1) is 46.3 Å². The summed E-state index contributed by atoms with van der Waals surface area (Å²) in [6.45, 7) is 11.3. The quantitative estimate of drug-likeness (QED) is 0.0727. The summed E-state index contributed by atoms with van der Waals surface area (Å²) in [5, 5.41) is 23.0. The Balaban J connectivity index is 0.853. The number of aliphatic hydroxyl groups is 2. The van der Waals surface area contributed by atoms with Gasteiger partial charge in [-0.1, -0.05) is 112 Å². The third-order valence-electron chi connectivity index (χ3n) is 20.5. The maximum absolute atomic E-state index is 14.4. The normalized spacial score (nSPS) is 39.9. The molecule has 8 aliphatic rings. The number of allylic oxidation sites excluding steroid dienone is 1. The van der Waals surface area contributed by atoms with E-state index in [9.17, 15) is 29.4 Å². The molecule has 3 saturated carbocycles. The van der Waals surface area contributed by atoms with E-state index in [1.54, 1.807) is 128 Å². The predicted octanol–water partition coefficient (Wildman–Crippen LogP) is 9.85. The average molecular weight is 1140 g/mol. The van der Waals surface area contributed by atoms with Crippen LogP contribution in [0.5, 0.6) is 0 Å². The SMILES string of the molecule is CC1O[C@@H](OC2C(OC(=O)c3ccccc3)[C@H](O)C(CO)O[C@H]2O[C@H]2CC[C@@]3(C)C(=CC[C@H]4[C@@H]5C[C@@H]6O[C@]7(CC[C@@H](C)CO7)[C@@H](C)[C@@H]6[C@@]5(C)CC[C@@H]43)C2)C(OC(=O)c2ccccc2)C(OC(=O)c2ccccc2)[C@H]1OC(=O)c1ccccc1. The molecule has 4 aromatic carbocycles. The van der Waals surface area contributed by atoms with Gasteiger partial charge in [0.2, 0.25) is 0 Å². The monoisotopic (exact) mass is 1140 g/mol. The third-order valence-corrected chi connectivity index (χ3v) is 20.5. The predicted molar refractivity (Wildman–Crippen MR) is 300 cm³/mol. The molecule has 7 fully saturated rings. The van der Waals surface area contributed by atoms with Gasteiger partial charge in [0.15, 0.2) is 48.9 Å². The highest BCUT2D eigenvalue weighted by Crippen LogP contribution is 2.71. The first kappa shape index (κ1) is 57.6. The number of ether oxygens (including phenoxy) is 10. The number of fused-ring (bicyclic) bond motifs is 7. The summed E-state index contributed by atoms with van der Waals surface area (Å²) in [5.41, 5.74) is 2.05. The van der Waals surface area contributed by atoms with E-state index in [4.69, 9.17) is 47.4 Å². The zero-order chi connectivity index (χ0) is 57.8. The minimum atomic E-state index is -1.70. The molecular formula is C67H78O16. The van der Waals surface area contributed by atoms with Crippen LogP contribution in [0.15, 0.2) is 133 Å². The van der Waals surface area contributed by atoms with E-state index in [1.165, 1.54) is 5.57 Å². The molecule has 83 heavy (non-hydrogen) atoms. The Morgan fingerprint density at radius 2 is 1.14 bits per heavy atom. The highest BCUT2D eigenvalue weighted by Gasteiger charge is 2.69. The average Bonchev–Trinajstić information content (AvgIpc) is 4.00. The van der Waals surface area contributed by atoms with Gasteiger partial charge in [0.05, 0.1) is 53.8 Å². The Kier molecular flexibility index (Phi) is 16.4. The Labute approximate surface area is 485 Å². The largest absolute Gasteiger partial charge is 0.453 e. The molecule has 4 saturated heterocycles. The number of carbonyl (C=O) groups is 4. The lowest BCUT2D eigenvalue weighted by molar-refractivity contribution is -0.367. The van der Waals surface area contributed by atoms with Gasteiger partial charge >= 0.3 is 23.9 Å². The van der Waals surface area contributed by atoms with Crippen molar-refractivity contribution in [1.29, 1.82) is 0 Å².